The summed E-state index contributed by atoms with van der Waals surface area (Å²) in [4.78, 5) is 15.8. The van der Waals surface area contributed by atoms with Gasteiger partial charge in [-0.1, -0.05) is 29.8 Å². The van der Waals surface area contributed by atoms with E-state index in [9.17, 15) is 10.1 Å². The third-order valence-electron chi connectivity index (χ3n) is 3.52. The van der Waals surface area contributed by atoms with Crippen LogP contribution >= 0.6 is 22.9 Å². The Morgan fingerprint density at radius 3 is 2.67 bits per heavy atom. The van der Waals surface area contributed by atoms with E-state index in [1.807, 2.05) is 36.6 Å². The fourth-order valence-electron chi connectivity index (χ4n) is 2.36. The van der Waals surface area contributed by atoms with Crippen LogP contribution in [0.4, 0.5) is 11.4 Å². The van der Waals surface area contributed by atoms with Gasteiger partial charge in [0.15, 0.2) is 4.80 Å². The Morgan fingerprint density at radius 2 is 2.00 bits per heavy atom. The molecule has 3 aromatic rings. The van der Waals surface area contributed by atoms with Gasteiger partial charge in [-0.05, 0) is 30.7 Å². The first kappa shape index (κ1) is 16.4. The number of nitro groups is 1. The van der Waals surface area contributed by atoms with Crippen molar-refractivity contribution in [3.05, 3.63) is 73.8 Å². The summed E-state index contributed by atoms with van der Waals surface area (Å²) in [6.45, 7) is 2.79. The number of rotatable bonds is 4. The van der Waals surface area contributed by atoms with Gasteiger partial charge in [0.25, 0.3) is 5.69 Å². The van der Waals surface area contributed by atoms with Gasteiger partial charge in [-0.3, -0.25) is 10.1 Å². The maximum absolute atomic E-state index is 10.9. The zero-order chi connectivity index (χ0) is 17.1. The highest BCUT2D eigenvalue weighted by molar-refractivity contribution is 7.07. The van der Waals surface area contributed by atoms with Crippen LogP contribution < -0.4 is 4.80 Å². The van der Waals surface area contributed by atoms with E-state index in [1.165, 1.54) is 23.5 Å². The van der Waals surface area contributed by atoms with Crippen LogP contribution in [0.3, 0.4) is 0 Å². The predicted octanol–water partition coefficient (Wildman–Crippen LogP) is 5.03. The van der Waals surface area contributed by atoms with Gasteiger partial charge in [0.1, 0.15) is 0 Å². The molecule has 0 N–H and O–H groups in total. The number of hydrogen-bond acceptors (Lipinski definition) is 4. The summed E-state index contributed by atoms with van der Waals surface area (Å²) in [6.07, 6.45) is 0. The SMILES string of the molecule is CCn1c(-c2ccc(Cl)cc2)csc1=Nc1cccc([N+](=O)[O-])c1. The Hall–Kier alpha value is -2.44. The molecule has 3 rings (SSSR count). The minimum atomic E-state index is -0.416. The molecule has 0 bridgehead atoms. The van der Waals surface area contributed by atoms with Crippen LogP contribution in [0.2, 0.25) is 5.02 Å². The van der Waals surface area contributed by atoms with E-state index in [4.69, 9.17) is 11.6 Å². The second-order valence-corrected chi connectivity index (χ2v) is 6.32. The molecule has 0 aliphatic carbocycles. The van der Waals surface area contributed by atoms with Crippen molar-refractivity contribution < 1.29 is 4.92 Å². The summed E-state index contributed by atoms with van der Waals surface area (Å²) in [5, 5.41) is 13.6. The zero-order valence-electron chi connectivity index (χ0n) is 12.8. The topological polar surface area (TPSA) is 60.4 Å². The molecule has 0 saturated heterocycles. The molecule has 5 nitrogen and oxygen atoms in total. The van der Waals surface area contributed by atoms with Gasteiger partial charge < -0.3 is 4.57 Å². The molecule has 0 radical (unpaired) electrons. The van der Waals surface area contributed by atoms with Crippen LogP contribution in [0, 0.1) is 10.1 Å². The summed E-state index contributed by atoms with van der Waals surface area (Å²) in [7, 11) is 0. The number of benzene rings is 2. The normalized spacial score (nSPS) is 11.7. The molecule has 0 atom stereocenters. The van der Waals surface area contributed by atoms with Gasteiger partial charge in [0, 0.05) is 29.1 Å². The lowest BCUT2D eigenvalue weighted by atomic mass is 10.2. The summed E-state index contributed by atoms with van der Waals surface area (Å²) >= 11 is 7.45. The molecule has 7 heteroatoms. The Morgan fingerprint density at radius 1 is 1.25 bits per heavy atom. The van der Waals surface area contributed by atoms with Crippen LogP contribution in [0.1, 0.15) is 6.92 Å². The fraction of sp³-hybridized carbons (Fsp3) is 0.118. The first-order valence-electron chi connectivity index (χ1n) is 7.32. The molecule has 0 spiro atoms. The van der Waals surface area contributed by atoms with Gasteiger partial charge in [-0.2, -0.15) is 0 Å². The molecule has 0 fully saturated rings. The van der Waals surface area contributed by atoms with Crippen molar-refractivity contribution in [2.75, 3.05) is 0 Å². The average Bonchev–Trinajstić information content (AvgIpc) is 2.98. The van der Waals surface area contributed by atoms with Crippen molar-refractivity contribution in [1.29, 1.82) is 0 Å². The molecule has 0 saturated carbocycles. The number of hydrogen-bond donors (Lipinski definition) is 0. The number of thiazole rings is 1. The molecule has 0 amide bonds. The third-order valence-corrected chi connectivity index (χ3v) is 4.63. The number of aromatic nitrogens is 1. The van der Waals surface area contributed by atoms with Crippen molar-refractivity contribution in [3.63, 3.8) is 0 Å². The highest BCUT2D eigenvalue weighted by atomic mass is 35.5. The van der Waals surface area contributed by atoms with Gasteiger partial charge in [0.05, 0.1) is 16.3 Å². The molecular formula is C17H14ClN3O2S. The second kappa shape index (κ2) is 6.98. The minimum absolute atomic E-state index is 0.0359. The number of non-ortho nitro benzene ring substituents is 1. The van der Waals surface area contributed by atoms with Crippen LogP contribution in [-0.2, 0) is 6.54 Å². The smallest absolute Gasteiger partial charge is 0.271 e. The number of nitro benzene ring substituents is 1. The Balaban J connectivity index is 2.07. The van der Waals surface area contributed by atoms with Gasteiger partial charge >= 0.3 is 0 Å². The average molecular weight is 360 g/mol. The summed E-state index contributed by atoms with van der Waals surface area (Å²) in [5.41, 5.74) is 2.70. The summed E-state index contributed by atoms with van der Waals surface area (Å²) in [5.74, 6) is 0. The lowest BCUT2D eigenvalue weighted by Crippen LogP contribution is -2.14. The molecular weight excluding hydrogens is 346 g/mol. The molecule has 0 aliphatic rings. The first-order chi connectivity index (χ1) is 11.6. The van der Waals surface area contributed by atoms with Crippen molar-refractivity contribution >= 4 is 34.3 Å². The maximum atomic E-state index is 10.9. The van der Waals surface area contributed by atoms with E-state index in [0.717, 1.165) is 22.6 Å². The second-order valence-electron chi connectivity index (χ2n) is 5.04. The molecule has 0 unspecified atom stereocenters. The maximum Gasteiger partial charge on any atom is 0.271 e. The quantitative estimate of drug-likeness (QED) is 0.484. The predicted molar refractivity (Wildman–Crippen MR) is 96.7 cm³/mol. The highest BCUT2D eigenvalue weighted by Crippen LogP contribution is 2.23. The monoisotopic (exact) mass is 359 g/mol. The van der Waals surface area contributed by atoms with E-state index >= 15 is 0 Å². The van der Waals surface area contributed by atoms with Crippen molar-refractivity contribution in [3.8, 4) is 11.3 Å². The van der Waals surface area contributed by atoms with Crippen molar-refractivity contribution in [2.24, 2.45) is 4.99 Å². The standard InChI is InChI=1S/C17H14ClN3O2S/c1-2-20-16(12-6-8-13(18)9-7-12)11-24-17(20)19-14-4-3-5-15(10-14)21(22)23/h3-11H,2H2,1H3. The van der Waals surface area contributed by atoms with Crippen LogP contribution in [0.5, 0.6) is 0 Å². The molecule has 1 aromatic heterocycles. The largest absolute Gasteiger partial charge is 0.317 e. The van der Waals surface area contributed by atoms with Gasteiger partial charge in [0.2, 0.25) is 0 Å². The lowest BCUT2D eigenvalue weighted by Gasteiger charge is -2.06. The molecule has 0 aliphatic heterocycles. The van der Waals surface area contributed by atoms with E-state index in [1.54, 1.807) is 12.1 Å². The third kappa shape index (κ3) is 3.39. The van der Waals surface area contributed by atoms with E-state index in [0.29, 0.717) is 10.7 Å². The van der Waals surface area contributed by atoms with Crippen LogP contribution in [0.25, 0.3) is 11.3 Å². The molecule has 24 heavy (non-hydrogen) atoms. The van der Waals surface area contributed by atoms with Gasteiger partial charge in [-0.25, -0.2) is 4.99 Å². The molecule has 122 valence electrons. The lowest BCUT2D eigenvalue weighted by molar-refractivity contribution is -0.384. The fourth-order valence-corrected chi connectivity index (χ4v) is 3.48. The summed E-state index contributed by atoms with van der Waals surface area (Å²) in [6, 6.07) is 14.0. The summed E-state index contributed by atoms with van der Waals surface area (Å²) < 4.78 is 2.08. The Kier molecular flexibility index (Phi) is 4.78. The van der Waals surface area contributed by atoms with E-state index in [2.05, 4.69) is 9.56 Å². The number of nitrogens with zero attached hydrogens (tertiary/aromatic N) is 3. The Labute approximate surface area is 147 Å². The molecule has 1 heterocycles. The highest BCUT2D eigenvalue weighted by Gasteiger charge is 2.08. The Bertz CT molecular complexity index is 945. The number of halogens is 1. The van der Waals surface area contributed by atoms with E-state index < -0.39 is 4.92 Å². The molecule has 2 aromatic carbocycles. The van der Waals surface area contributed by atoms with Crippen molar-refractivity contribution in [1.82, 2.24) is 4.57 Å². The van der Waals surface area contributed by atoms with Gasteiger partial charge in [-0.15, -0.1) is 11.3 Å². The first-order valence-corrected chi connectivity index (χ1v) is 8.57. The van der Waals surface area contributed by atoms with E-state index in [-0.39, 0.29) is 5.69 Å². The van der Waals surface area contributed by atoms with Crippen molar-refractivity contribution in [2.45, 2.75) is 13.5 Å². The minimum Gasteiger partial charge on any atom is -0.317 e. The van der Waals surface area contributed by atoms with Crippen LogP contribution in [0.15, 0.2) is 58.9 Å². The van der Waals surface area contributed by atoms with Crippen LogP contribution in [-0.4, -0.2) is 9.49 Å². The zero-order valence-corrected chi connectivity index (χ0v) is 14.4.